The Bertz CT molecular complexity index is 572. The van der Waals surface area contributed by atoms with Gasteiger partial charge in [0.1, 0.15) is 5.75 Å². The summed E-state index contributed by atoms with van der Waals surface area (Å²) in [7, 11) is 0. The quantitative estimate of drug-likeness (QED) is 0.813. The number of ether oxygens (including phenoxy) is 2. The highest BCUT2D eigenvalue weighted by Crippen LogP contribution is 2.23. The molecule has 2 rings (SSSR count). The summed E-state index contributed by atoms with van der Waals surface area (Å²) in [5, 5.41) is 3.00. The van der Waals surface area contributed by atoms with Gasteiger partial charge in [-0.2, -0.15) is 0 Å². The van der Waals surface area contributed by atoms with E-state index in [4.69, 9.17) is 9.47 Å². The first-order valence-electron chi connectivity index (χ1n) is 8.65. The second-order valence-electron chi connectivity index (χ2n) is 6.56. The fourth-order valence-electron chi connectivity index (χ4n) is 2.97. The monoisotopic (exact) mass is 333 g/mol. The molecule has 1 aromatic rings. The smallest absolute Gasteiger partial charge is 0.344 e. The maximum absolute atomic E-state index is 12.2. The number of hydrogen-bond acceptors (Lipinski definition) is 4. The summed E-state index contributed by atoms with van der Waals surface area (Å²) in [6.45, 7) is 5.44. The van der Waals surface area contributed by atoms with Crippen LogP contribution in [0, 0.1) is 12.8 Å². The maximum Gasteiger partial charge on any atom is 0.344 e. The van der Waals surface area contributed by atoms with Crippen molar-refractivity contribution in [2.75, 3.05) is 6.61 Å². The van der Waals surface area contributed by atoms with E-state index in [2.05, 4.69) is 12.2 Å². The van der Waals surface area contributed by atoms with Crippen LogP contribution in [0.4, 0.5) is 0 Å². The average Bonchev–Trinajstić information content (AvgIpc) is 2.56. The highest BCUT2D eigenvalue weighted by molar-refractivity contribution is 5.83. The molecule has 0 aromatic heterocycles. The van der Waals surface area contributed by atoms with Gasteiger partial charge in [-0.15, -0.1) is 0 Å². The van der Waals surface area contributed by atoms with Gasteiger partial charge in [-0.25, -0.2) is 4.79 Å². The van der Waals surface area contributed by atoms with E-state index in [0.717, 1.165) is 24.8 Å². The molecule has 0 spiro atoms. The number of esters is 1. The lowest BCUT2D eigenvalue weighted by Gasteiger charge is -2.30. The average molecular weight is 333 g/mol. The van der Waals surface area contributed by atoms with Gasteiger partial charge in [0.15, 0.2) is 12.7 Å². The molecule has 24 heavy (non-hydrogen) atoms. The molecular formula is C19H27NO4. The van der Waals surface area contributed by atoms with Crippen molar-refractivity contribution in [1.29, 1.82) is 0 Å². The van der Waals surface area contributed by atoms with E-state index < -0.39 is 12.1 Å². The van der Waals surface area contributed by atoms with E-state index in [9.17, 15) is 9.59 Å². The number of hydrogen-bond donors (Lipinski definition) is 1. The third-order valence-corrected chi connectivity index (χ3v) is 4.56. The van der Waals surface area contributed by atoms with Crippen LogP contribution in [0.15, 0.2) is 24.3 Å². The Kier molecular flexibility index (Phi) is 6.64. The zero-order valence-corrected chi connectivity index (χ0v) is 14.7. The summed E-state index contributed by atoms with van der Waals surface area (Å²) in [6, 6.07) is 7.62. The Morgan fingerprint density at radius 3 is 2.67 bits per heavy atom. The molecule has 1 aliphatic rings. The number of para-hydroxylation sites is 1. The summed E-state index contributed by atoms with van der Waals surface area (Å²) in [4.78, 5) is 24.1. The molecule has 1 amide bonds. The van der Waals surface area contributed by atoms with Gasteiger partial charge in [0.2, 0.25) is 0 Å². The maximum atomic E-state index is 12.2. The van der Waals surface area contributed by atoms with E-state index in [-0.39, 0.29) is 18.6 Å². The Labute approximate surface area is 143 Å². The van der Waals surface area contributed by atoms with E-state index in [1.165, 1.54) is 6.42 Å². The van der Waals surface area contributed by atoms with Crippen molar-refractivity contribution in [1.82, 2.24) is 5.32 Å². The standard InChI is InChI=1S/C19H27NO4/c1-13-8-4-6-10-16(13)20-19(22)15(3)24-18(21)12-23-17-11-7-5-9-14(17)2/h5,7,9,11,13,15-16H,4,6,8,10,12H2,1-3H3,(H,20,22)/t13-,15+,16+/m0/s1. The zero-order chi connectivity index (χ0) is 17.5. The molecule has 1 aromatic carbocycles. The molecule has 3 atom stereocenters. The van der Waals surface area contributed by atoms with Crippen LogP contribution in [-0.2, 0) is 14.3 Å². The molecule has 1 saturated carbocycles. The van der Waals surface area contributed by atoms with Gasteiger partial charge >= 0.3 is 5.97 Å². The van der Waals surface area contributed by atoms with E-state index >= 15 is 0 Å². The SMILES string of the molecule is Cc1ccccc1OCC(=O)O[C@H](C)C(=O)N[C@@H]1CCCC[C@@H]1C. The van der Waals surface area contributed by atoms with Gasteiger partial charge in [0.25, 0.3) is 5.91 Å². The van der Waals surface area contributed by atoms with Crippen molar-refractivity contribution in [3.8, 4) is 5.75 Å². The van der Waals surface area contributed by atoms with Crippen LogP contribution >= 0.6 is 0 Å². The first-order valence-corrected chi connectivity index (χ1v) is 8.65. The predicted molar refractivity (Wildman–Crippen MR) is 91.8 cm³/mol. The van der Waals surface area contributed by atoms with Gasteiger partial charge in [-0.05, 0) is 44.2 Å². The number of nitrogens with one attached hydrogen (secondary N) is 1. The Hall–Kier alpha value is -2.04. The Morgan fingerprint density at radius 2 is 1.96 bits per heavy atom. The molecule has 5 nitrogen and oxygen atoms in total. The van der Waals surface area contributed by atoms with Crippen LogP contribution in [0.25, 0.3) is 0 Å². The number of amides is 1. The molecule has 1 N–H and O–H groups in total. The minimum atomic E-state index is -0.813. The lowest BCUT2D eigenvalue weighted by molar-refractivity contribution is -0.157. The molecule has 0 bridgehead atoms. The summed E-state index contributed by atoms with van der Waals surface area (Å²) < 4.78 is 10.6. The molecule has 0 aliphatic heterocycles. The highest BCUT2D eigenvalue weighted by Gasteiger charge is 2.26. The van der Waals surface area contributed by atoms with Crippen molar-refractivity contribution in [3.05, 3.63) is 29.8 Å². The van der Waals surface area contributed by atoms with Crippen molar-refractivity contribution >= 4 is 11.9 Å². The second kappa shape index (κ2) is 8.71. The Morgan fingerprint density at radius 1 is 1.25 bits per heavy atom. The number of rotatable bonds is 6. The number of carbonyl (C=O) groups excluding carboxylic acids is 2. The number of benzene rings is 1. The van der Waals surface area contributed by atoms with Crippen LogP contribution in [0.1, 0.15) is 45.1 Å². The predicted octanol–water partition coefficient (Wildman–Crippen LogP) is 3.00. The van der Waals surface area contributed by atoms with E-state index in [1.54, 1.807) is 13.0 Å². The van der Waals surface area contributed by atoms with E-state index in [0.29, 0.717) is 11.7 Å². The number of aryl methyl sites for hydroxylation is 1. The van der Waals surface area contributed by atoms with Crippen molar-refractivity contribution in [2.45, 2.75) is 58.6 Å². The second-order valence-corrected chi connectivity index (χ2v) is 6.56. The lowest BCUT2D eigenvalue weighted by atomic mass is 9.86. The summed E-state index contributed by atoms with van der Waals surface area (Å²) in [5.41, 5.74) is 0.947. The first-order chi connectivity index (χ1) is 11.5. The van der Waals surface area contributed by atoms with Crippen LogP contribution in [0.3, 0.4) is 0 Å². The fraction of sp³-hybridized carbons (Fsp3) is 0.579. The summed E-state index contributed by atoms with van der Waals surface area (Å²) in [5.74, 6) is 0.327. The molecule has 1 fully saturated rings. The largest absolute Gasteiger partial charge is 0.482 e. The molecule has 5 heteroatoms. The molecule has 1 aliphatic carbocycles. The normalized spacial score (nSPS) is 21.6. The topological polar surface area (TPSA) is 64.6 Å². The third kappa shape index (κ3) is 5.25. The van der Waals surface area contributed by atoms with Gasteiger partial charge in [0.05, 0.1) is 0 Å². The highest BCUT2D eigenvalue weighted by atomic mass is 16.6. The Balaban J connectivity index is 1.76. The van der Waals surface area contributed by atoms with Gasteiger partial charge in [-0.1, -0.05) is 38.0 Å². The first kappa shape index (κ1) is 18.3. The molecule has 132 valence electrons. The fourth-order valence-corrected chi connectivity index (χ4v) is 2.97. The van der Waals surface area contributed by atoms with Gasteiger partial charge in [0, 0.05) is 6.04 Å². The van der Waals surface area contributed by atoms with Crippen LogP contribution < -0.4 is 10.1 Å². The van der Waals surface area contributed by atoms with Crippen molar-refractivity contribution < 1.29 is 19.1 Å². The minimum Gasteiger partial charge on any atom is -0.482 e. The van der Waals surface area contributed by atoms with Crippen LogP contribution in [-0.4, -0.2) is 30.6 Å². The van der Waals surface area contributed by atoms with Crippen LogP contribution in [0.2, 0.25) is 0 Å². The molecule has 0 radical (unpaired) electrons. The third-order valence-electron chi connectivity index (χ3n) is 4.56. The zero-order valence-electron chi connectivity index (χ0n) is 14.7. The van der Waals surface area contributed by atoms with Crippen LogP contribution in [0.5, 0.6) is 5.75 Å². The lowest BCUT2D eigenvalue weighted by Crippen LogP contribution is -2.46. The molecule has 0 unspecified atom stereocenters. The van der Waals surface area contributed by atoms with Gasteiger partial charge in [-0.3, -0.25) is 4.79 Å². The molecule has 0 saturated heterocycles. The molecule has 0 heterocycles. The van der Waals surface area contributed by atoms with Crippen molar-refractivity contribution in [2.24, 2.45) is 5.92 Å². The van der Waals surface area contributed by atoms with E-state index in [1.807, 2.05) is 25.1 Å². The summed E-state index contributed by atoms with van der Waals surface area (Å²) >= 11 is 0. The minimum absolute atomic E-state index is 0.177. The molecular weight excluding hydrogens is 306 g/mol. The van der Waals surface area contributed by atoms with Gasteiger partial charge < -0.3 is 14.8 Å². The summed E-state index contributed by atoms with van der Waals surface area (Å²) in [6.07, 6.45) is 3.65. The van der Waals surface area contributed by atoms with Crippen molar-refractivity contribution in [3.63, 3.8) is 0 Å². The number of carbonyl (C=O) groups is 2.